The van der Waals surface area contributed by atoms with Crippen molar-refractivity contribution in [3.8, 4) is 0 Å². The molecular formula is C15H23NOS. The third kappa shape index (κ3) is 5.42. The normalized spacial score (nSPS) is 14.9. The van der Waals surface area contributed by atoms with Crippen molar-refractivity contribution in [1.82, 2.24) is 5.32 Å². The van der Waals surface area contributed by atoms with Crippen molar-refractivity contribution in [3.63, 3.8) is 0 Å². The van der Waals surface area contributed by atoms with Crippen LogP contribution in [0.15, 0.2) is 29.2 Å². The molecule has 0 radical (unpaired) electrons. The molecule has 3 heteroatoms. The Kier molecular flexibility index (Phi) is 6.05. The summed E-state index contributed by atoms with van der Waals surface area (Å²) in [5.41, 5.74) is 1.40. The highest BCUT2D eigenvalue weighted by Gasteiger charge is 2.19. The van der Waals surface area contributed by atoms with E-state index in [0.717, 1.165) is 38.0 Å². The lowest BCUT2D eigenvalue weighted by atomic mass is 10.2. The van der Waals surface area contributed by atoms with Crippen LogP contribution in [0.4, 0.5) is 0 Å². The third-order valence-electron chi connectivity index (χ3n) is 2.98. The Balaban J connectivity index is 1.68. The highest BCUT2D eigenvalue weighted by Crippen LogP contribution is 2.22. The minimum atomic E-state index is 0.785. The molecule has 2 nitrogen and oxygen atoms in total. The van der Waals surface area contributed by atoms with E-state index in [0.29, 0.717) is 0 Å². The van der Waals surface area contributed by atoms with Crippen LogP contribution in [0.5, 0.6) is 0 Å². The summed E-state index contributed by atoms with van der Waals surface area (Å²) in [5, 5.41) is 3.55. The van der Waals surface area contributed by atoms with Gasteiger partial charge in [0.25, 0.3) is 0 Å². The number of hydrogen-bond acceptors (Lipinski definition) is 3. The van der Waals surface area contributed by atoms with Crippen molar-refractivity contribution in [2.24, 2.45) is 0 Å². The zero-order chi connectivity index (χ0) is 12.6. The number of hydrogen-bond donors (Lipinski definition) is 1. The van der Waals surface area contributed by atoms with E-state index in [1.807, 2.05) is 18.7 Å². The molecule has 1 aromatic carbocycles. The highest BCUT2D eigenvalue weighted by atomic mass is 32.2. The Labute approximate surface area is 114 Å². The fourth-order valence-corrected chi connectivity index (χ4v) is 2.70. The van der Waals surface area contributed by atoms with Crippen molar-refractivity contribution in [1.29, 1.82) is 0 Å². The maximum Gasteiger partial charge on any atom is 0.0473 e. The molecule has 1 aliphatic rings. The van der Waals surface area contributed by atoms with E-state index in [-0.39, 0.29) is 0 Å². The lowest BCUT2D eigenvalue weighted by Crippen LogP contribution is -2.15. The van der Waals surface area contributed by atoms with Crippen LogP contribution in [0.2, 0.25) is 0 Å². The molecule has 18 heavy (non-hydrogen) atoms. The van der Waals surface area contributed by atoms with Crippen LogP contribution in [0.1, 0.15) is 31.7 Å². The van der Waals surface area contributed by atoms with Crippen LogP contribution in [0.3, 0.4) is 0 Å². The van der Waals surface area contributed by atoms with Crippen molar-refractivity contribution >= 4 is 11.8 Å². The average Bonchev–Trinajstić information content (AvgIpc) is 3.21. The maximum atomic E-state index is 5.34. The fraction of sp³-hybridized carbons (Fsp3) is 0.600. The van der Waals surface area contributed by atoms with Crippen LogP contribution < -0.4 is 5.32 Å². The zero-order valence-electron chi connectivity index (χ0n) is 11.2. The van der Waals surface area contributed by atoms with Gasteiger partial charge in [0.2, 0.25) is 0 Å². The fourth-order valence-electron chi connectivity index (χ4n) is 1.79. The second-order valence-electron chi connectivity index (χ2n) is 4.70. The van der Waals surface area contributed by atoms with Crippen molar-refractivity contribution in [2.75, 3.05) is 19.0 Å². The Hall–Kier alpha value is -0.510. The lowest BCUT2D eigenvalue weighted by molar-refractivity contribution is 0.149. The minimum absolute atomic E-state index is 0.785. The van der Waals surface area contributed by atoms with Gasteiger partial charge in [-0.2, -0.15) is 0 Å². The van der Waals surface area contributed by atoms with Gasteiger partial charge in [0.1, 0.15) is 0 Å². The zero-order valence-corrected chi connectivity index (χ0v) is 12.0. The van der Waals surface area contributed by atoms with Crippen LogP contribution >= 0.6 is 11.8 Å². The predicted molar refractivity (Wildman–Crippen MR) is 78.1 cm³/mol. The summed E-state index contributed by atoms with van der Waals surface area (Å²) in [6, 6.07) is 9.66. The first-order chi connectivity index (χ1) is 8.88. The second kappa shape index (κ2) is 7.82. The SMILES string of the molecule is CCOCCCSc1cccc(CNC2CC2)c1. The van der Waals surface area contributed by atoms with E-state index < -0.39 is 0 Å². The summed E-state index contributed by atoms with van der Waals surface area (Å²) >= 11 is 1.93. The molecule has 1 aromatic rings. The summed E-state index contributed by atoms with van der Waals surface area (Å²) < 4.78 is 5.34. The topological polar surface area (TPSA) is 21.3 Å². The van der Waals surface area contributed by atoms with Gasteiger partial charge in [0.05, 0.1) is 0 Å². The van der Waals surface area contributed by atoms with Crippen molar-refractivity contribution in [2.45, 2.75) is 43.7 Å². The Morgan fingerprint density at radius 1 is 1.39 bits per heavy atom. The maximum absolute atomic E-state index is 5.34. The molecule has 1 N–H and O–H groups in total. The monoisotopic (exact) mass is 265 g/mol. The predicted octanol–water partition coefficient (Wildman–Crippen LogP) is 3.46. The van der Waals surface area contributed by atoms with Crippen molar-refractivity contribution in [3.05, 3.63) is 29.8 Å². The van der Waals surface area contributed by atoms with E-state index in [4.69, 9.17) is 4.74 Å². The highest BCUT2D eigenvalue weighted by molar-refractivity contribution is 7.99. The summed E-state index contributed by atoms with van der Waals surface area (Å²) in [6.07, 6.45) is 3.83. The molecular weight excluding hydrogens is 242 g/mol. The van der Waals surface area contributed by atoms with Gasteiger partial charge in [-0.05, 0) is 43.9 Å². The molecule has 100 valence electrons. The molecule has 0 atom stereocenters. The van der Waals surface area contributed by atoms with Gasteiger partial charge < -0.3 is 10.1 Å². The smallest absolute Gasteiger partial charge is 0.0473 e. The molecule has 0 aromatic heterocycles. The molecule has 0 bridgehead atoms. The third-order valence-corrected chi connectivity index (χ3v) is 4.06. The van der Waals surface area contributed by atoms with Crippen LogP contribution in [-0.4, -0.2) is 25.0 Å². The largest absolute Gasteiger partial charge is 0.382 e. The van der Waals surface area contributed by atoms with Crippen LogP contribution in [0.25, 0.3) is 0 Å². The molecule has 0 heterocycles. The molecule has 0 unspecified atom stereocenters. The summed E-state index contributed by atoms with van der Waals surface area (Å²) in [6.45, 7) is 4.76. The average molecular weight is 265 g/mol. The number of nitrogens with one attached hydrogen (secondary N) is 1. The number of thioether (sulfide) groups is 1. The van der Waals surface area contributed by atoms with Crippen LogP contribution in [0, 0.1) is 0 Å². The second-order valence-corrected chi connectivity index (χ2v) is 5.87. The molecule has 1 saturated carbocycles. The number of ether oxygens (including phenoxy) is 1. The van der Waals surface area contributed by atoms with Crippen molar-refractivity contribution < 1.29 is 4.74 Å². The van der Waals surface area contributed by atoms with E-state index in [1.165, 1.54) is 23.3 Å². The van der Waals surface area contributed by atoms with Gasteiger partial charge in [0, 0.05) is 36.4 Å². The van der Waals surface area contributed by atoms with Gasteiger partial charge in [-0.1, -0.05) is 12.1 Å². The first kappa shape index (κ1) is 13.9. The molecule has 2 rings (SSSR count). The molecule has 1 fully saturated rings. The molecule has 0 amide bonds. The van der Waals surface area contributed by atoms with Gasteiger partial charge in [0.15, 0.2) is 0 Å². The molecule has 0 spiro atoms. The minimum Gasteiger partial charge on any atom is -0.382 e. The van der Waals surface area contributed by atoms with Gasteiger partial charge >= 0.3 is 0 Å². The van der Waals surface area contributed by atoms with E-state index in [1.54, 1.807) is 0 Å². The quantitative estimate of drug-likeness (QED) is 0.546. The van der Waals surface area contributed by atoms with E-state index in [2.05, 4.69) is 29.6 Å². The Morgan fingerprint density at radius 2 is 2.28 bits per heavy atom. The van der Waals surface area contributed by atoms with Crippen LogP contribution in [-0.2, 0) is 11.3 Å². The standard InChI is InChI=1S/C15H23NOS/c1-2-17-9-4-10-18-15-6-3-5-13(11-15)12-16-14-7-8-14/h3,5-6,11,14,16H,2,4,7-10,12H2,1H3. The molecule has 1 aliphatic carbocycles. The van der Waals surface area contributed by atoms with Gasteiger partial charge in [-0.25, -0.2) is 0 Å². The van der Waals surface area contributed by atoms with E-state index in [9.17, 15) is 0 Å². The summed E-state index contributed by atoms with van der Waals surface area (Å²) in [5.74, 6) is 1.14. The lowest BCUT2D eigenvalue weighted by Gasteiger charge is -2.06. The summed E-state index contributed by atoms with van der Waals surface area (Å²) in [7, 11) is 0. The molecule has 0 saturated heterocycles. The number of benzene rings is 1. The first-order valence-corrected chi connectivity index (χ1v) is 7.90. The molecule has 0 aliphatic heterocycles. The van der Waals surface area contributed by atoms with E-state index >= 15 is 0 Å². The first-order valence-electron chi connectivity index (χ1n) is 6.91. The van der Waals surface area contributed by atoms with Gasteiger partial charge in [-0.15, -0.1) is 11.8 Å². The summed E-state index contributed by atoms with van der Waals surface area (Å²) in [4.78, 5) is 1.38. The Bertz CT molecular complexity index is 352. The Morgan fingerprint density at radius 3 is 3.06 bits per heavy atom. The van der Waals surface area contributed by atoms with Gasteiger partial charge in [-0.3, -0.25) is 0 Å². The number of rotatable bonds is 9.